The van der Waals surface area contributed by atoms with Crippen LogP contribution < -0.4 is 20.4 Å². The van der Waals surface area contributed by atoms with Gasteiger partial charge in [0.2, 0.25) is 12.4 Å². The number of hydrogen-bond donors (Lipinski definition) is 2. The Hall–Kier alpha value is -3.87. The van der Waals surface area contributed by atoms with Gasteiger partial charge in [-0.3, -0.25) is 10.1 Å². The fourth-order valence-electron chi connectivity index (χ4n) is 3.62. The van der Waals surface area contributed by atoms with Crippen LogP contribution >= 0.6 is 0 Å². The molecule has 0 spiro atoms. The predicted octanol–water partition coefficient (Wildman–Crippen LogP) is 3.45. The first kappa shape index (κ1) is 20.4. The Labute approximate surface area is 181 Å². The van der Waals surface area contributed by atoms with Crippen molar-refractivity contribution in [2.45, 2.75) is 26.4 Å². The average molecular weight is 415 g/mol. The summed E-state index contributed by atoms with van der Waals surface area (Å²) in [4.78, 5) is 15.5. The summed E-state index contributed by atoms with van der Waals surface area (Å²) < 4.78 is 5.68. The van der Waals surface area contributed by atoms with E-state index < -0.39 is 0 Å². The molecule has 0 radical (unpaired) electrons. The summed E-state index contributed by atoms with van der Waals surface area (Å²) in [6, 6.07) is 20.2. The van der Waals surface area contributed by atoms with Gasteiger partial charge in [0.25, 0.3) is 0 Å². The lowest BCUT2D eigenvalue weighted by molar-refractivity contribution is -0.108. The van der Waals surface area contributed by atoms with Gasteiger partial charge in [-0.2, -0.15) is 0 Å². The van der Waals surface area contributed by atoms with E-state index in [1.54, 1.807) is 6.20 Å². The summed E-state index contributed by atoms with van der Waals surface area (Å²) in [5.74, 6) is 1.93. The van der Waals surface area contributed by atoms with Crippen molar-refractivity contribution in [2.75, 3.05) is 11.6 Å². The van der Waals surface area contributed by atoms with Gasteiger partial charge in [0.1, 0.15) is 11.9 Å². The molecule has 0 aliphatic carbocycles. The molecule has 1 aliphatic heterocycles. The van der Waals surface area contributed by atoms with Crippen LogP contribution in [0.1, 0.15) is 18.1 Å². The van der Waals surface area contributed by atoms with E-state index in [0.717, 1.165) is 28.0 Å². The van der Waals surface area contributed by atoms with Gasteiger partial charge < -0.3 is 10.1 Å². The molecule has 1 atom stereocenters. The molecule has 2 aromatic carbocycles. The van der Waals surface area contributed by atoms with Crippen molar-refractivity contribution in [3.63, 3.8) is 0 Å². The molecule has 0 saturated carbocycles. The first-order chi connectivity index (χ1) is 15.2. The number of carbonyl (C=O) groups excluding carboxylic acids is 1. The SMILES string of the molecule is CCOc1ccc(C)c(-c2ccnc(N3N=C(NC=O)NC3Cc3ccccc3)c2)c1. The number of ether oxygens (including phenoxy) is 1. The first-order valence-corrected chi connectivity index (χ1v) is 10.3. The Balaban J connectivity index is 1.67. The van der Waals surface area contributed by atoms with Crippen LogP contribution in [0.25, 0.3) is 11.1 Å². The summed E-state index contributed by atoms with van der Waals surface area (Å²) >= 11 is 0. The molecular formula is C24H25N5O2. The van der Waals surface area contributed by atoms with E-state index in [2.05, 4.69) is 45.8 Å². The van der Waals surface area contributed by atoms with Gasteiger partial charge >= 0.3 is 0 Å². The van der Waals surface area contributed by atoms with E-state index >= 15 is 0 Å². The number of hydrazone groups is 1. The number of guanidine groups is 1. The minimum atomic E-state index is -0.177. The maximum absolute atomic E-state index is 11.0. The maximum atomic E-state index is 11.0. The minimum Gasteiger partial charge on any atom is -0.494 e. The molecule has 7 nitrogen and oxygen atoms in total. The standard InChI is InChI=1S/C24H25N5O2/c1-3-31-20-10-9-17(2)21(15-20)19-11-12-25-22(14-19)29-23(27-24(28-29)26-16-30)13-18-7-5-4-6-8-18/h4-12,14-16,23H,3,13H2,1-2H3,(H2,26,27,28,30). The number of amides is 1. The van der Waals surface area contributed by atoms with E-state index in [9.17, 15) is 4.79 Å². The zero-order valence-electron chi connectivity index (χ0n) is 17.6. The lowest BCUT2D eigenvalue weighted by Crippen LogP contribution is -2.43. The molecular weight excluding hydrogens is 390 g/mol. The highest BCUT2D eigenvalue weighted by molar-refractivity contribution is 5.91. The van der Waals surface area contributed by atoms with Crippen LogP contribution in [0.4, 0.5) is 5.82 Å². The largest absolute Gasteiger partial charge is 0.494 e. The lowest BCUT2D eigenvalue weighted by atomic mass is 10.0. The van der Waals surface area contributed by atoms with Gasteiger partial charge in [0.15, 0.2) is 5.82 Å². The molecule has 1 aliphatic rings. The Morgan fingerprint density at radius 2 is 2.00 bits per heavy atom. The fourth-order valence-corrected chi connectivity index (χ4v) is 3.62. The molecule has 0 fully saturated rings. The minimum absolute atomic E-state index is 0.177. The summed E-state index contributed by atoms with van der Waals surface area (Å²) in [6.45, 7) is 4.66. The van der Waals surface area contributed by atoms with E-state index in [-0.39, 0.29) is 6.17 Å². The Morgan fingerprint density at radius 3 is 2.77 bits per heavy atom. The third kappa shape index (κ3) is 4.66. The van der Waals surface area contributed by atoms with E-state index in [1.807, 2.05) is 54.4 Å². The summed E-state index contributed by atoms with van der Waals surface area (Å²) in [5, 5.41) is 12.2. The van der Waals surface area contributed by atoms with Gasteiger partial charge in [-0.05, 0) is 60.4 Å². The summed E-state index contributed by atoms with van der Waals surface area (Å²) in [5.41, 5.74) is 4.41. The fraction of sp³-hybridized carbons (Fsp3) is 0.208. The Bertz CT molecular complexity index is 1080. The summed E-state index contributed by atoms with van der Waals surface area (Å²) in [7, 11) is 0. The molecule has 1 unspecified atom stereocenters. The highest BCUT2D eigenvalue weighted by Gasteiger charge is 2.28. The van der Waals surface area contributed by atoms with Gasteiger partial charge in [-0.25, -0.2) is 9.99 Å². The molecule has 2 N–H and O–H groups in total. The maximum Gasteiger partial charge on any atom is 0.222 e. The zero-order chi connectivity index (χ0) is 21.6. The van der Waals surface area contributed by atoms with Crippen LogP contribution in [0.15, 0.2) is 72.0 Å². The molecule has 3 aromatic rings. The summed E-state index contributed by atoms with van der Waals surface area (Å²) in [6.07, 6.45) is 2.90. The highest BCUT2D eigenvalue weighted by atomic mass is 16.5. The number of nitrogens with one attached hydrogen (secondary N) is 2. The number of pyridine rings is 1. The van der Waals surface area contributed by atoms with Gasteiger partial charge in [-0.15, -0.1) is 5.10 Å². The van der Waals surface area contributed by atoms with Crippen LogP contribution in [0.3, 0.4) is 0 Å². The van der Waals surface area contributed by atoms with Gasteiger partial charge in [0.05, 0.1) is 6.61 Å². The topological polar surface area (TPSA) is 78.8 Å². The molecule has 31 heavy (non-hydrogen) atoms. The number of carbonyl (C=O) groups is 1. The van der Waals surface area contributed by atoms with E-state index in [0.29, 0.717) is 31.2 Å². The second kappa shape index (κ2) is 9.30. The van der Waals surface area contributed by atoms with Crippen molar-refractivity contribution in [1.82, 2.24) is 15.6 Å². The smallest absolute Gasteiger partial charge is 0.222 e. The first-order valence-electron chi connectivity index (χ1n) is 10.3. The molecule has 0 saturated heterocycles. The van der Waals surface area contributed by atoms with Crippen LogP contribution in [-0.2, 0) is 11.2 Å². The lowest BCUT2D eigenvalue weighted by Gasteiger charge is -2.23. The third-order valence-electron chi connectivity index (χ3n) is 5.09. The molecule has 158 valence electrons. The number of anilines is 1. The molecule has 1 aromatic heterocycles. The van der Waals surface area contributed by atoms with Crippen LogP contribution in [-0.4, -0.2) is 30.1 Å². The van der Waals surface area contributed by atoms with Gasteiger partial charge in [-0.1, -0.05) is 36.4 Å². The van der Waals surface area contributed by atoms with Crippen molar-refractivity contribution in [2.24, 2.45) is 5.10 Å². The van der Waals surface area contributed by atoms with Crippen molar-refractivity contribution in [1.29, 1.82) is 0 Å². The van der Waals surface area contributed by atoms with Crippen molar-refractivity contribution >= 4 is 18.2 Å². The van der Waals surface area contributed by atoms with Crippen molar-refractivity contribution in [3.05, 3.63) is 78.0 Å². The van der Waals surface area contributed by atoms with E-state index in [1.165, 1.54) is 0 Å². The molecule has 2 heterocycles. The second-order valence-corrected chi connectivity index (χ2v) is 7.22. The quantitative estimate of drug-likeness (QED) is 0.578. The predicted molar refractivity (Wildman–Crippen MR) is 122 cm³/mol. The number of aryl methyl sites for hydroxylation is 1. The van der Waals surface area contributed by atoms with Crippen LogP contribution in [0, 0.1) is 6.92 Å². The molecule has 0 bridgehead atoms. The van der Waals surface area contributed by atoms with E-state index in [4.69, 9.17) is 4.74 Å². The second-order valence-electron chi connectivity index (χ2n) is 7.22. The number of hydrogen-bond acceptors (Lipinski definition) is 6. The Kier molecular flexibility index (Phi) is 6.12. The Morgan fingerprint density at radius 1 is 1.16 bits per heavy atom. The molecule has 7 heteroatoms. The van der Waals surface area contributed by atoms with Crippen LogP contribution in [0.2, 0.25) is 0 Å². The highest BCUT2D eigenvalue weighted by Crippen LogP contribution is 2.30. The monoisotopic (exact) mass is 415 g/mol. The molecule has 4 rings (SSSR count). The zero-order valence-corrected chi connectivity index (χ0v) is 17.6. The van der Waals surface area contributed by atoms with Crippen molar-refractivity contribution in [3.8, 4) is 16.9 Å². The molecule has 1 amide bonds. The normalized spacial score (nSPS) is 15.2. The van der Waals surface area contributed by atoms with Gasteiger partial charge in [0, 0.05) is 12.6 Å². The number of nitrogens with zero attached hydrogens (tertiary/aromatic N) is 3. The van der Waals surface area contributed by atoms with Crippen LogP contribution in [0.5, 0.6) is 5.75 Å². The number of rotatable bonds is 7. The average Bonchev–Trinajstić information content (AvgIpc) is 3.18. The third-order valence-corrected chi connectivity index (χ3v) is 5.09. The van der Waals surface area contributed by atoms with Crippen molar-refractivity contribution < 1.29 is 9.53 Å². The number of aromatic nitrogens is 1. The number of benzene rings is 2.